The summed E-state index contributed by atoms with van der Waals surface area (Å²) in [5.41, 5.74) is -0.380. The first-order valence-corrected chi connectivity index (χ1v) is 9.40. The van der Waals surface area contributed by atoms with Crippen LogP contribution in [0.15, 0.2) is 76.0 Å². The lowest BCUT2D eigenvalue weighted by Gasteiger charge is -2.10. The summed E-state index contributed by atoms with van der Waals surface area (Å²) in [7, 11) is 1.37. The molecular weight excluding hydrogens is 412 g/mol. The van der Waals surface area contributed by atoms with Crippen LogP contribution < -0.4 is 20.4 Å². The van der Waals surface area contributed by atoms with Crippen molar-refractivity contribution in [3.63, 3.8) is 0 Å². The maximum Gasteiger partial charge on any atom is 0.351 e. The van der Waals surface area contributed by atoms with Crippen LogP contribution in [0.3, 0.4) is 0 Å². The maximum absolute atomic E-state index is 12.6. The number of esters is 1. The molecule has 3 rings (SSSR count). The van der Waals surface area contributed by atoms with E-state index in [-0.39, 0.29) is 29.2 Å². The lowest BCUT2D eigenvalue weighted by molar-refractivity contribution is -0.116. The van der Waals surface area contributed by atoms with Gasteiger partial charge in [-0.3, -0.25) is 4.79 Å². The molecule has 1 N–H and O–H groups in total. The van der Waals surface area contributed by atoms with Crippen molar-refractivity contribution < 1.29 is 23.5 Å². The molecule has 1 aromatic heterocycles. The minimum atomic E-state index is -0.910. The molecule has 0 radical (unpaired) electrons. The van der Waals surface area contributed by atoms with Gasteiger partial charge in [-0.15, -0.1) is 6.58 Å². The number of benzene rings is 2. The highest BCUT2D eigenvalue weighted by molar-refractivity contribution is 6.01. The molecule has 0 bridgehead atoms. The lowest BCUT2D eigenvalue weighted by Crippen LogP contribution is -2.24. The summed E-state index contributed by atoms with van der Waals surface area (Å²) in [6, 6.07) is 14.5. The predicted molar refractivity (Wildman–Crippen MR) is 117 cm³/mol. The van der Waals surface area contributed by atoms with Gasteiger partial charge < -0.3 is 19.2 Å². The highest BCUT2D eigenvalue weighted by atomic mass is 16.6. The van der Waals surface area contributed by atoms with Gasteiger partial charge in [0.15, 0.2) is 11.5 Å². The fraction of sp³-hybridized carbons (Fsp3) is 0.0833. The molecule has 2 aromatic carbocycles. The summed E-state index contributed by atoms with van der Waals surface area (Å²) >= 11 is 0. The van der Waals surface area contributed by atoms with E-state index in [2.05, 4.69) is 11.9 Å². The molecule has 0 aliphatic carbocycles. The fourth-order valence-electron chi connectivity index (χ4n) is 2.79. The number of hydrogen-bond donors (Lipinski definition) is 1. The number of carbonyl (C=O) groups excluding carboxylic acids is 2. The molecule has 0 saturated carbocycles. The van der Waals surface area contributed by atoms with E-state index >= 15 is 0 Å². The van der Waals surface area contributed by atoms with Crippen LogP contribution in [0.2, 0.25) is 0 Å². The molecule has 1 amide bonds. The predicted octanol–water partition coefficient (Wildman–Crippen LogP) is 3.23. The Labute approximate surface area is 183 Å². The van der Waals surface area contributed by atoms with Crippen molar-refractivity contribution in [1.82, 2.24) is 5.32 Å². The van der Waals surface area contributed by atoms with Gasteiger partial charge in [0.05, 0.1) is 7.11 Å². The third-order valence-electron chi connectivity index (χ3n) is 4.33. The van der Waals surface area contributed by atoms with Gasteiger partial charge in [0.2, 0.25) is 0 Å². The van der Waals surface area contributed by atoms with Crippen molar-refractivity contribution in [2.45, 2.75) is 0 Å². The maximum atomic E-state index is 12.6. The van der Waals surface area contributed by atoms with Gasteiger partial charge in [0.25, 0.3) is 5.91 Å². The van der Waals surface area contributed by atoms with Crippen LogP contribution in [0.5, 0.6) is 11.5 Å². The Bertz CT molecular complexity index is 1330. The van der Waals surface area contributed by atoms with Crippen LogP contribution in [0.4, 0.5) is 0 Å². The second-order valence-corrected chi connectivity index (χ2v) is 6.45. The first kappa shape index (κ1) is 22.1. The van der Waals surface area contributed by atoms with E-state index in [9.17, 15) is 19.6 Å². The molecule has 0 atom stereocenters. The van der Waals surface area contributed by atoms with E-state index in [4.69, 9.17) is 13.9 Å². The molecule has 3 aromatic rings. The standard InChI is InChI=1S/C24H18N2O6/c1-3-10-26-22(27)17(14-25)11-15-8-9-20(21(12-15)30-2)32-24(29)18-13-16-6-4-5-7-19(16)31-23(18)28/h3-9,11-13H,1,10H2,2H3,(H,26,27)/b17-11+. The van der Waals surface area contributed by atoms with E-state index in [1.165, 1.54) is 43.5 Å². The topological polar surface area (TPSA) is 119 Å². The average molecular weight is 430 g/mol. The first-order valence-electron chi connectivity index (χ1n) is 9.40. The van der Waals surface area contributed by atoms with Crippen LogP contribution in [0, 0.1) is 11.3 Å². The van der Waals surface area contributed by atoms with Gasteiger partial charge in [-0.25, -0.2) is 9.59 Å². The van der Waals surface area contributed by atoms with E-state index in [0.717, 1.165) is 0 Å². The summed E-state index contributed by atoms with van der Waals surface area (Å²) in [6.45, 7) is 3.72. The van der Waals surface area contributed by atoms with Gasteiger partial charge in [-0.05, 0) is 35.9 Å². The number of fused-ring (bicyclic) bond motifs is 1. The van der Waals surface area contributed by atoms with Crippen LogP contribution >= 0.6 is 0 Å². The number of nitrogens with one attached hydrogen (secondary N) is 1. The Morgan fingerprint density at radius 3 is 2.69 bits per heavy atom. The third kappa shape index (κ3) is 4.91. The van der Waals surface area contributed by atoms with E-state index in [1.807, 2.05) is 6.07 Å². The highest BCUT2D eigenvalue weighted by Gasteiger charge is 2.18. The normalized spacial score (nSPS) is 10.8. The Balaban J connectivity index is 1.87. The van der Waals surface area contributed by atoms with Gasteiger partial charge in [-0.2, -0.15) is 5.26 Å². The summed E-state index contributed by atoms with van der Waals surface area (Å²) in [4.78, 5) is 36.8. The number of carbonyl (C=O) groups is 2. The van der Waals surface area contributed by atoms with Gasteiger partial charge in [0, 0.05) is 11.9 Å². The second kappa shape index (κ2) is 9.91. The zero-order valence-corrected chi connectivity index (χ0v) is 17.1. The minimum absolute atomic E-state index is 0.0526. The zero-order chi connectivity index (χ0) is 23.1. The summed E-state index contributed by atoms with van der Waals surface area (Å²) in [5.74, 6) is -1.24. The van der Waals surface area contributed by atoms with Crippen molar-refractivity contribution >= 4 is 28.9 Å². The number of nitriles is 1. The quantitative estimate of drug-likeness (QED) is 0.153. The molecule has 0 fully saturated rings. The summed E-state index contributed by atoms with van der Waals surface area (Å²) in [5, 5.41) is 12.3. The number of amides is 1. The number of methoxy groups -OCH3 is 1. The zero-order valence-electron chi connectivity index (χ0n) is 17.1. The Morgan fingerprint density at radius 1 is 1.19 bits per heavy atom. The van der Waals surface area contributed by atoms with Crippen molar-refractivity contribution in [2.75, 3.05) is 13.7 Å². The number of hydrogen-bond acceptors (Lipinski definition) is 7. The van der Waals surface area contributed by atoms with Crippen LogP contribution in [-0.2, 0) is 4.79 Å². The summed E-state index contributed by atoms with van der Waals surface area (Å²) < 4.78 is 15.8. The highest BCUT2D eigenvalue weighted by Crippen LogP contribution is 2.29. The van der Waals surface area contributed by atoms with Crippen molar-refractivity contribution in [1.29, 1.82) is 5.26 Å². The third-order valence-corrected chi connectivity index (χ3v) is 4.33. The molecule has 1 heterocycles. The number of rotatable bonds is 7. The Hall–Kier alpha value is -4.64. The van der Waals surface area contributed by atoms with Crippen LogP contribution in [0.25, 0.3) is 17.0 Å². The van der Waals surface area contributed by atoms with Gasteiger partial charge >= 0.3 is 11.6 Å². The molecule has 8 heteroatoms. The number of nitrogens with zero attached hydrogens (tertiary/aromatic N) is 1. The Kier molecular flexibility index (Phi) is 6.83. The summed E-state index contributed by atoms with van der Waals surface area (Å²) in [6.07, 6.45) is 2.86. The van der Waals surface area contributed by atoms with Crippen LogP contribution in [0.1, 0.15) is 15.9 Å². The monoisotopic (exact) mass is 430 g/mol. The molecule has 160 valence electrons. The van der Waals surface area contributed by atoms with E-state index < -0.39 is 17.5 Å². The SMILES string of the molecule is C=CCNC(=O)/C(C#N)=C/c1ccc(OC(=O)c2cc3ccccc3oc2=O)c(OC)c1. The van der Waals surface area contributed by atoms with E-state index in [1.54, 1.807) is 24.3 Å². The van der Waals surface area contributed by atoms with Gasteiger partial charge in [0.1, 0.15) is 22.8 Å². The second-order valence-electron chi connectivity index (χ2n) is 6.45. The first-order chi connectivity index (χ1) is 15.5. The molecule has 0 aliphatic rings. The molecule has 0 spiro atoms. The lowest BCUT2D eigenvalue weighted by atomic mass is 10.1. The largest absolute Gasteiger partial charge is 0.493 e. The smallest absolute Gasteiger partial charge is 0.351 e. The number of ether oxygens (including phenoxy) is 2. The molecule has 8 nitrogen and oxygen atoms in total. The Morgan fingerprint density at radius 2 is 1.97 bits per heavy atom. The van der Waals surface area contributed by atoms with Crippen molar-refractivity contribution in [3.05, 3.63) is 88.3 Å². The van der Waals surface area contributed by atoms with Gasteiger partial charge in [-0.1, -0.05) is 30.3 Å². The van der Waals surface area contributed by atoms with Crippen LogP contribution in [-0.4, -0.2) is 25.5 Å². The molecular formula is C24H18N2O6. The minimum Gasteiger partial charge on any atom is -0.493 e. The van der Waals surface area contributed by atoms with E-state index in [0.29, 0.717) is 16.5 Å². The fourth-order valence-corrected chi connectivity index (χ4v) is 2.79. The molecule has 0 saturated heterocycles. The molecule has 0 aliphatic heterocycles. The van der Waals surface area contributed by atoms with Crippen molar-refractivity contribution in [3.8, 4) is 17.6 Å². The number of para-hydroxylation sites is 1. The molecule has 32 heavy (non-hydrogen) atoms. The van der Waals surface area contributed by atoms with Crippen molar-refractivity contribution in [2.24, 2.45) is 0 Å². The molecule has 0 unspecified atom stereocenters. The average Bonchev–Trinajstić information content (AvgIpc) is 2.81.